The van der Waals surface area contributed by atoms with Crippen molar-refractivity contribution in [1.82, 2.24) is 9.47 Å². The predicted octanol–water partition coefficient (Wildman–Crippen LogP) is 3.49. The molecule has 9 heteroatoms. The van der Waals surface area contributed by atoms with Crippen LogP contribution in [0.1, 0.15) is 42.2 Å². The second kappa shape index (κ2) is 10.1. The van der Waals surface area contributed by atoms with E-state index in [9.17, 15) is 14.4 Å². The van der Waals surface area contributed by atoms with Gasteiger partial charge < -0.3 is 19.5 Å². The van der Waals surface area contributed by atoms with E-state index in [-0.39, 0.29) is 28.6 Å². The molecule has 1 aromatic heterocycles. The lowest BCUT2D eigenvalue weighted by atomic mass is 9.83. The molecular weight excluding hydrogens is 458 g/mol. The standard InChI is InChI=1S/C24H27N3O4S2/c1-3-31-23(30)17-7-9-19(10-8-17)25-22(29)15(2)33-24(32)26-12-16-11-18(14-26)20-5-4-6-21(28)27(20)13-16/h4-10,15-16,18H,3,11-14H2,1-2H3,(H,25,29). The molecule has 0 saturated carbocycles. The zero-order valence-electron chi connectivity index (χ0n) is 18.7. The maximum atomic E-state index is 12.7. The van der Waals surface area contributed by atoms with Crippen LogP contribution in [0.3, 0.4) is 0 Å². The van der Waals surface area contributed by atoms with Crippen molar-refractivity contribution >= 4 is 45.9 Å². The van der Waals surface area contributed by atoms with E-state index in [1.54, 1.807) is 37.3 Å². The van der Waals surface area contributed by atoms with Crippen LogP contribution in [0.5, 0.6) is 0 Å². The monoisotopic (exact) mass is 485 g/mol. The van der Waals surface area contributed by atoms with Crippen LogP contribution in [0.4, 0.5) is 5.69 Å². The van der Waals surface area contributed by atoms with Gasteiger partial charge in [0.1, 0.15) is 4.32 Å². The van der Waals surface area contributed by atoms with Gasteiger partial charge in [0.05, 0.1) is 17.4 Å². The predicted molar refractivity (Wildman–Crippen MR) is 134 cm³/mol. The SMILES string of the molecule is CCOC(=O)c1ccc(NC(=O)C(C)SC(=S)N2CC3CC(C2)c2cccc(=O)n2C3)cc1. The van der Waals surface area contributed by atoms with Crippen molar-refractivity contribution < 1.29 is 14.3 Å². The Balaban J connectivity index is 1.34. The number of pyridine rings is 1. The zero-order valence-corrected chi connectivity index (χ0v) is 20.3. The lowest BCUT2D eigenvalue weighted by Crippen LogP contribution is -2.48. The second-order valence-corrected chi connectivity index (χ2v) is 10.4. The molecule has 1 fully saturated rings. The second-order valence-electron chi connectivity index (χ2n) is 8.42. The van der Waals surface area contributed by atoms with E-state index in [1.165, 1.54) is 11.8 Å². The summed E-state index contributed by atoms with van der Waals surface area (Å²) in [5, 5.41) is 2.50. The molecule has 2 bridgehead atoms. The molecule has 0 aliphatic carbocycles. The van der Waals surface area contributed by atoms with Gasteiger partial charge in [0.25, 0.3) is 5.56 Å². The van der Waals surface area contributed by atoms with Crippen molar-refractivity contribution in [1.29, 1.82) is 0 Å². The van der Waals surface area contributed by atoms with Crippen molar-refractivity contribution in [2.45, 2.75) is 38.0 Å². The van der Waals surface area contributed by atoms with Gasteiger partial charge >= 0.3 is 5.97 Å². The number of likely N-dealkylation sites (tertiary alicyclic amines) is 1. The molecule has 4 rings (SSSR count). The maximum absolute atomic E-state index is 12.7. The van der Waals surface area contributed by atoms with Gasteiger partial charge in [-0.15, -0.1) is 0 Å². The number of benzene rings is 1. The number of thioether (sulfide) groups is 1. The normalized spacial score (nSPS) is 19.9. The van der Waals surface area contributed by atoms with Gasteiger partial charge in [-0.25, -0.2) is 4.79 Å². The average Bonchev–Trinajstić information content (AvgIpc) is 2.80. The van der Waals surface area contributed by atoms with Crippen LogP contribution in [0.25, 0.3) is 0 Å². The maximum Gasteiger partial charge on any atom is 0.338 e. The number of nitrogens with one attached hydrogen (secondary N) is 1. The molecule has 3 atom stereocenters. The Morgan fingerprint density at radius 3 is 2.67 bits per heavy atom. The number of esters is 1. The number of hydrogen-bond donors (Lipinski definition) is 1. The van der Waals surface area contributed by atoms with Gasteiger partial charge in [-0.2, -0.15) is 0 Å². The number of hydrogen-bond acceptors (Lipinski definition) is 6. The summed E-state index contributed by atoms with van der Waals surface area (Å²) in [7, 11) is 0. The summed E-state index contributed by atoms with van der Waals surface area (Å²) in [5.74, 6) is 0.104. The summed E-state index contributed by atoms with van der Waals surface area (Å²) in [6.07, 6.45) is 1.06. The van der Waals surface area contributed by atoms with Gasteiger partial charge in [-0.3, -0.25) is 9.59 Å². The quantitative estimate of drug-likeness (QED) is 0.513. The first-order valence-corrected chi connectivity index (χ1v) is 12.4. The number of nitrogens with zero attached hydrogens (tertiary/aromatic N) is 2. The molecule has 1 N–H and O–H groups in total. The number of carbonyl (C=O) groups excluding carboxylic acids is 2. The number of carbonyl (C=O) groups is 2. The highest BCUT2D eigenvalue weighted by Crippen LogP contribution is 2.36. The summed E-state index contributed by atoms with van der Waals surface area (Å²) in [6.45, 7) is 6.18. The minimum absolute atomic E-state index is 0.0631. The first-order chi connectivity index (χ1) is 15.9. The molecule has 1 amide bonds. The van der Waals surface area contributed by atoms with Gasteiger partial charge in [0.2, 0.25) is 5.91 Å². The average molecular weight is 486 g/mol. The Hall–Kier alpha value is -2.65. The lowest BCUT2D eigenvalue weighted by Gasteiger charge is -2.43. The van der Waals surface area contributed by atoms with E-state index >= 15 is 0 Å². The van der Waals surface area contributed by atoms with E-state index in [0.29, 0.717) is 34.6 Å². The van der Waals surface area contributed by atoms with Crippen LogP contribution < -0.4 is 10.9 Å². The molecule has 2 aliphatic heterocycles. The van der Waals surface area contributed by atoms with E-state index < -0.39 is 0 Å². The van der Waals surface area contributed by atoms with Crippen LogP contribution >= 0.6 is 24.0 Å². The van der Waals surface area contributed by atoms with Crippen molar-refractivity contribution in [3.8, 4) is 0 Å². The molecule has 1 saturated heterocycles. The van der Waals surface area contributed by atoms with Crippen LogP contribution in [-0.2, 0) is 16.1 Å². The smallest absolute Gasteiger partial charge is 0.338 e. The number of amides is 1. The van der Waals surface area contributed by atoms with E-state index in [1.807, 2.05) is 23.6 Å². The Bertz CT molecular complexity index is 1120. The Labute approximate surface area is 202 Å². The van der Waals surface area contributed by atoms with Gasteiger partial charge in [-0.05, 0) is 56.5 Å². The molecule has 1 aromatic carbocycles. The summed E-state index contributed by atoms with van der Waals surface area (Å²) in [6, 6.07) is 12.1. The molecule has 3 heterocycles. The fraction of sp³-hybridized carbons (Fsp3) is 0.417. The molecule has 174 valence electrons. The fourth-order valence-corrected chi connectivity index (χ4v) is 5.82. The fourth-order valence-electron chi connectivity index (χ4n) is 4.47. The number of ether oxygens (including phenoxy) is 1. The third-order valence-electron chi connectivity index (χ3n) is 6.05. The number of anilines is 1. The Kier molecular flexibility index (Phi) is 7.19. The highest BCUT2D eigenvalue weighted by Gasteiger charge is 2.35. The van der Waals surface area contributed by atoms with Crippen molar-refractivity contribution in [3.05, 3.63) is 64.1 Å². The third kappa shape index (κ3) is 5.30. The van der Waals surface area contributed by atoms with Gasteiger partial charge in [0.15, 0.2) is 0 Å². The molecule has 2 aromatic rings. The molecular formula is C24H27N3O4S2. The van der Waals surface area contributed by atoms with Crippen LogP contribution in [-0.4, -0.2) is 50.6 Å². The molecule has 0 radical (unpaired) electrons. The number of thiocarbonyl (C=S) groups is 1. The van der Waals surface area contributed by atoms with E-state index in [0.717, 1.165) is 25.2 Å². The molecule has 0 spiro atoms. The van der Waals surface area contributed by atoms with Crippen molar-refractivity contribution in [2.24, 2.45) is 5.92 Å². The molecule has 33 heavy (non-hydrogen) atoms. The van der Waals surface area contributed by atoms with Crippen LogP contribution in [0.15, 0.2) is 47.3 Å². The summed E-state index contributed by atoms with van der Waals surface area (Å²) in [4.78, 5) is 38.9. The number of piperidine rings is 1. The number of aromatic nitrogens is 1. The van der Waals surface area contributed by atoms with Gasteiger partial charge in [-0.1, -0.05) is 30.0 Å². The third-order valence-corrected chi connectivity index (χ3v) is 7.62. The zero-order chi connectivity index (χ0) is 23.5. The van der Waals surface area contributed by atoms with Crippen molar-refractivity contribution in [2.75, 3.05) is 25.0 Å². The Morgan fingerprint density at radius 2 is 1.94 bits per heavy atom. The van der Waals surface area contributed by atoms with E-state index in [4.69, 9.17) is 17.0 Å². The number of fused-ring (bicyclic) bond motifs is 4. The minimum atomic E-state index is -0.386. The summed E-state index contributed by atoms with van der Waals surface area (Å²) in [5.41, 5.74) is 2.19. The minimum Gasteiger partial charge on any atom is -0.462 e. The van der Waals surface area contributed by atoms with Crippen LogP contribution in [0.2, 0.25) is 0 Å². The highest BCUT2D eigenvalue weighted by atomic mass is 32.2. The van der Waals surface area contributed by atoms with Crippen LogP contribution in [0, 0.1) is 5.92 Å². The first kappa shape index (κ1) is 23.5. The highest BCUT2D eigenvalue weighted by molar-refractivity contribution is 8.23. The number of rotatable bonds is 5. The van der Waals surface area contributed by atoms with Gasteiger partial charge in [0, 0.05) is 43.0 Å². The summed E-state index contributed by atoms with van der Waals surface area (Å²) >= 11 is 7.07. The summed E-state index contributed by atoms with van der Waals surface area (Å²) < 4.78 is 7.58. The molecule has 2 aliphatic rings. The van der Waals surface area contributed by atoms with Crippen molar-refractivity contribution in [3.63, 3.8) is 0 Å². The molecule has 3 unspecified atom stereocenters. The Morgan fingerprint density at radius 1 is 1.18 bits per heavy atom. The molecule has 7 nitrogen and oxygen atoms in total. The topological polar surface area (TPSA) is 80.6 Å². The van der Waals surface area contributed by atoms with E-state index in [2.05, 4.69) is 10.2 Å². The lowest BCUT2D eigenvalue weighted by molar-refractivity contribution is -0.115. The first-order valence-electron chi connectivity index (χ1n) is 11.1. The largest absolute Gasteiger partial charge is 0.462 e.